The van der Waals surface area contributed by atoms with E-state index in [4.69, 9.17) is 4.74 Å². The van der Waals surface area contributed by atoms with Crippen molar-refractivity contribution in [2.24, 2.45) is 5.92 Å². The van der Waals surface area contributed by atoms with Crippen molar-refractivity contribution < 1.29 is 4.74 Å². The van der Waals surface area contributed by atoms with E-state index >= 15 is 0 Å². The van der Waals surface area contributed by atoms with Crippen LogP contribution in [0.15, 0.2) is 0 Å². The SMILES string of the molecule is CNC1CC(C)C(COC)N(C)C1. The van der Waals surface area contributed by atoms with E-state index < -0.39 is 0 Å². The standard InChI is InChI=1S/C10H22N2O/c1-8-5-9(11-2)6-12(3)10(8)7-13-4/h8-11H,5-7H2,1-4H3. The summed E-state index contributed by atoms with van der Waals surface area (Å²) in [6, 6.07) is 1.24. The third-order valence-corrected chi connectivity index (χ3v) is 3.13. The van der Waals surface area contributed by atoms with E-state index in [-0.39, 0.29) is 0 Å². The molecule has 0 aromatic rings. The highest BCUT2D eigenvalue weighted by Crippen LogP contribution is 2.22. The van der Waals surface area contributed by atoms with Crippen molar-refractivity contribution in [3.8, 4) is 0 Å². The molecule has 0 aromatic carbocycles. The fourth-order valence-electron chi connectivity index (χ4n) is 2.27. The normalized spacial score (nSPS) is 36.5. The number of methoxy groups -OCH3 is 1. The summed E-state index contributed by atoms with van der Waals surface area (Å²) < 4.78 is 5.23. The fraction of sp³-hybridized carbons (Fsp3) is 1.00. The Kier molecular flexibility index (Phi) is 4.16. The van der Waals surface area contributed by atoms with Crippen LogP contribution in [0.25, 0.3) is 0 Å². The molecule has 0 aromatic heterocycles. The van der Waals surface area contributed by atoms with Gasteiger partial charge in [-0.25, -0.2) is 0 Å². The Balaban J connectivity index is 2.48. The van der Waals surface area contributed by atoms with E-state index in [2.05, 4.69) is 24.2 Å². The molecule has 1 N–H and O–H groups in total. The zero-order valence-electron chi connectivity index (χ0n) is 9.21. The van der Waals surface area contributed by atoms with Gasteiger partial charge in [0.05, 0.1) is 6.61 Å². The maximum atomic E-state index is 5.23. The van der Waals surface area contributed by atoms with E-state index in [1.807, 2.05) is 7.05 Å². The molecule has 0 aliphatic carbocycles. The van der Waals surface area contributed by atoms with Crippen molar-refractivity contribution in [3.63, 3.8) is 0 Å². The van der Waals surface area contributed by atoms with E-state index in [9.17, 15) is 0 Å². The van der Waals surface area contributed by atoms with Crippen molar-refractivity contribution in [2.45, 2.75) is 25.4 Å². The van der Waals surface area contributed by atoms with Crippen LogP contribution in [0.3, 0.4) is 0 Å². The molecule has 0 bridgehead atoms. The van der Waals surface area contributed by atoms with E-state index in [1.165, 1.54) is 6.42 Å². The van der Waals surface area contributed by atoms with Crippen LogP contribution < -0.4 is 5.32 Å². The Hall–Kier alpha value is -0.120. The predicted octanol–water partition coefficient (Wildman–Crippen LogP) is 0.561. The molecule has 1 aliphatic rings. The van der Waals surface area contributed by atoms with Gasteiger partial charge in [-0.1, -0.05) is 6.92 Å². The van der Waals surface area contributed by atoms with Crippen LogP contribution in [0.2, 0.25) is 0 Å². The smallest absolute Gasteiger partial charge is 0.0620 e. The van der Waals surface area contributed by atoms with Crippen LogP contribution in [0.4, 0.5) is 0 Å². The highest BCUT2D eigenvalue weighted by Gasteiger charge is 2.30. The van der Waals surface area contributed by atoms with E-state index in [0.29, 0.717) is 12.1 Å². The summed E-state index contributed by atoms with van der Waals surface area (Å²) in [6.07, 6.45) is 1.26. The molecular formula is C10H22N2O. The molecule has 13 heavy (non-hydrogen) atoms. The van der Waals surface area contributed by atoms with Gasteiger partial charge in [0.1, 0.15) is 0 Å². The Labute approximate surface area is 81.4 Å². The van der Waals surface area contributed by atoms with E-state index in [0.717, 1.165) is 19.1 Å². The quantitative estimate of drug-likeness (QED) is 0.697. The summed E-state index contributed by atoms with van der Waals surface area (Å²) in [5.74, 6) is 0.719. The van der Waals surface area contributed by atoms with Crippen molar-refractivity contribution >= 4 is 0 Å². The monoisotopic (exact) mass is 186 g/mol. The summed E-state index contributed by atoms with van der Waals surface area (Å²) >= 11 is 0. The molecule has 78 valence electrons. The molecular weight excluding hydrogens is 164 g/mol. The Bertz CT molecular complexity index is 140. The molecule has 1 rings (SSSR count). The molecule has 0 saturated carbocycles. The molecule has 1 heterocycles. The van der Waals surface area contributed by atoms with Crippen LogP contribution in [0.5, 0.6) is 0 Å². The summed E-state index contributed by atoms with van der Waals surface area (Å²) in [5.41, 5.74) is 0. The second-order valence-corrected chi connectivity index (χ2v) is 4.16. The predicted molar refractivity (Wildman–Crippen MR) is 54.9 cm³/mol. The molecule has 0 radical (unpaired) electrons. The van der Waals surface area contributed by atoms with Gasteiger partial charge in [-0.3, -0.25) is 4.90 Å². The summed E-state index contributed by atoms with van der Waals surface area (Å²) in [5, 5.41) is 3.34. The topological polar surface area (TPSA) is 24.5 Å². The van der Waals surface area contributed by atoms with Gasteiger partial charge in [0.25, 0.3) is 0 Å². The lowest BCUT2D eigenvalue weighted by molar-refractivity contribution is 0.0381. The third-order valence-electron chi connectivity index (χ3n) is 3.13. The average Bonchev–Trinajstić information content (AvgIpc) is 2.11. The van der Waals surface area contributed by atoms with E-state index in [1.54, 1.807) is 7.11 Å². The number of hydrogen-bond acceptors (Lipinski definition) is 3. The lowest BCUT2D eigenvalue weighted by Crippen LogP contribution is -2.53. The first-order valence-corrected chi connectivity index (χ1v) is 5.05. The largest absolute Gasteiger partial charge is 0.383 e. The minimum Gasteiger partial charge on any atom is -0.383 e. The molecule has 3 atom stereocenters. The Morgan fingerprint density at radius 2 is 2.23 bits per heavy atom. The first-order chi connectivity index (χ1) is 6.19. The third kappa shape index (κ3) is 2.66. The minimum atomic E-state index is 0.592. The lowest BCUT2D eigenvalue weighted by Gasteiger charge is -2.41. The number of rotatable bonds is 3. The van der Waals surface area contributed by atoms with Crippen LogP contribution in [0, 0.1) is 5.92 Å². The maximum absolute atomic E-state index is 5.23. The van der Waals surface area contributed by atoms with Gasteiger partial charge in [-0.15, -0.1) is 0 Å². The Morgan fingerprint density at radius 1 is 1.54 bits per heavy atom. The zero-order valence-corrected chi connectivity index (χ0v) is 9.21. The summed E-state index contributed by atoms with van der Waals surface area (Å²) in [6.45, 7) is 4.30. The second kappa shape index (κ2) is 4.94. The first kappa shape index (κ1) is 11.0. The number of nitrogens with one attached hydrogen (secondary N) is 1. The molecule has 3 unspecified atom stereocenters. The first-order valence-electron chi connectivity index (χ1n) is 5.05. The van der Waals surface area contributed by atoms with Gasteiger partial charge < -0.3 is 10.1 Å². The van der Waals surface area contributed by atoms with Crippen LogP contribution in [-0.4, -0.2) is 51.3 Å². The number of nitrogens with zero attached hydrogens (tertiary/aromatic N) is 1. The van der Waals surface area contributed by atoms with Gasteiger partial charge >= 0.3 is 0 Å². The maximum Gasteiger partial charge on any atom is 0.0620 e. The van der Waals surface area contributed by atoms with Crippen molar-refractivity contribution in [2.75, 3.05) is 34.4 Å². The highest BCUT2D eigenvalue weighted by molar-refractivity contribution is 4.86. The van der Waals surface area contributed by atoms with Crippen molar-refractivity contribution in [1.29, 1.82) is 0 Å². The Morgan fingerprint density at radius 3 is 2.69 bits per heavy atom. The molecule has 3 nitrogen and oxygen atoms in total. The van der Waals surface area contributed by atoms with Crippen LogP contribution >= 0.6 is 0 Å². The minimum absolute atomic E-state index is 0.592. The van der Waals surface area contributed by atoms with Crippen molar-refractivity contribution in [3.05, 3.63) is 0 Å². The number of likely N-dealkylation sites (N-methyl/N-ethyl adjacent to an activating group) is 2. The van der Waals surface area contributed by atoms with Gasteiger partial charge in [0.15, 0.2) is 0 Å². The van der Waals surface area contributed by atoms with Gasteiger partial charge in [0, 0.05) is 25.7 Å². The van der Waals surface area contributed by atoms with Crippen LogP contribution in [0.1, 0.15) is 13.3 Å². The number of hydrogen-bond donors (Lipinski definition) is 1. The molecule has 1 fully saturated rings. The van der Waals surface area contributed by atoms with Crippen molar-refractivity contribution in [1.82, 2.24) is 10.2 Å². The molecule has 3 heteroatoms. The number of ether oxygens (including phenoxy) is 1. The van der Waals surface area contributed by atoms with Crippen LogP contribution in [-0.2, 0) is 4.74 Å². The summed E-state index contributed by atoms with van der Waals surface area (Å²) in [4.78, 5) is 2.40. The van der Waals surface area contributed by atoms with Gasteiger partial charge in [-0.2, -0.15) is 0 Å². The number of likely N-dealkylation sites (tertiary alicyclic amines) is 1. The molecule has 1 aliphatic heterocycles. The molecule has 1 saturated heterocycles. The lowest BCUT2D eigenvalue weighted by atomic mass is 9.89. The molecule has 0 spiro atoms. The summed E-state index contributed by atoms with van der Waals surface area (Å²) in [7, 11) is 6.01. The number of piperidine rings is 1. The molecule has 0 amide bonds. The van der Waals surface area contributed by atoms with Gasteiger partial charge in [0.2, 0.25) is 0 Å². The fourth-order valence-corrected chi connectivity index (χ4v) is 2.27. The van der Waals surface area contributed by atoms with Gasteiger partial charge in [-0.05, 0) is 26.4 Å². The second-order valence-electron chi connectivity index (χ2n) is 4.16. The average molecular weight is 186 g/mol. The zero-order chi connectivity index (χ0) is 9.84. The highest BCUT2D eigenvalue weighted by atomic mass is 16.5.